The van der Waals surface area contributed by atoms with Gasteiger partial charge in [-0.1, -0.05) is 20.3 Å². The average molecular weight is 481 g/mol. The molecule has 0 amide bonds. The number of benzene rings is 2. The third-order valence-corrected chi connectivity index (χ3v) is 6.63. The number of fused-ring (bicyclic) bond motifs is 1. The molecule has 0 N–H and O–H groups in total. The monoisotopic (exact) mass is 480 g/mol. The van der Waals surface area contributed by atoms with Crippen LogP contribution in [0.2, 0.25) is 0 Å². The van der Waals surface area contributed by atoms with Crippen molar-refractivity contribution < 1.29 is 18.7 Å². The van der Waals surface area contributed by atoms with Crippen LogP contribution in [0.5, 0.6) is 11.5 Å². The molecule has 0 atom stereocenters. The summed E-state index contributed by atoms with van der Waals surface area (Å²) in [4.78, 5) is 15.3. The molecule has 0 saturated carbocycles. The minimum absolute atomic E-state index is 0.172. The number of hydrogen-bond donors (Lipinski definition) is 0. The third kappa shape index (κ3) is 6.43. The number of carbonyl (C=O) groups is 1. The lowest BCUT2D eigenvalue weighted by molar-refractivity contribution is -0.120. The van der Waals surface area contributed by atoms with Crippen molar-refractivity contribution in [2.75, 3.05) is 33.4 Å². The molecule has 1 aliphatic rings. The molecule has 0 aliphatic carbocycles. The zero-order valence-corrected chi connectivity index (χ0v) is 21.2. The number of ether oxygens (including phenoxy) is 2. The van der Waals surface area contributed by atoms with Crippen LogP contribution in [0.3, 0.4) is 0 Å². The predicted molar refractivity (Wildman–Crippen MR) is 139 cm³/mol. The molecule has 5 nitrogen and oxygen atoms in total. The lowest BCUT2D eigenvalue weighted by atomic mass is 10.1. The predicted octanol–water partition coefficient (Wildman–Crippen LogP) is 6.33. The van der Waals surface area contributed by atoms with E-state index in [0.717, 1.165) is 40.9 Å². The first-order chi connectivity index (χ1) is 16.9. The van der Waals surface area contributed by atoms with E-state index in [1.165, 1.54) is 45.5 Å². The molecule has 35 heavy (non-hydrogen) atoms. The number of halogens is 1. The van der Waals surface area contributed by atoms with E-state index in [1.807, 2.05) is 42.7 Å². The zero-order valence-electron chi connectivity index (χ0n) is 21.2. The first-order valence-electron chi connectivity index (χ1n) is 12.8. The second-order valence-electron chi connectivity index (χ2n) is 9.93. The first-order valence-corrected chi connectivity index (χ1v) is 12.8. The molecule has 4 rings (SSSR count). The second kappa shape index (κ2) is 11.7. The van der Waals surface area contributed by atoms with Gasteiger partial charge in [-0.25, -0.2) is 4.39 Å². The van der Waals surface area contributed by atoms with Crippen molar-refractivity contribution in [1.29, 1.82) is 0 Å². The normalized spacial score (nSPS) is 14.5. The Balaban J connectivity index is 1.56. The molecule has 0 spiro atoms. The fraction of sp³-hybridized carbons (Fsp3) is 0.483. The molecule has 2 heterocycles. The van der Waals surface area contributed by atoms with E-state index in [-0.39, 0.29) is 18.1 Å². The van der Waals surface area contributed by atoms with Gasteiger partial charge in [-0.15, -0.1) is 0 Å². The standard InChI is InChI=1S/C29H37FN2O3/c1-21(2)16-24(33)20-32-27-11-9-25(35-15-7-14-31-12-5-4-6-13-31)17-23(27)18-28(32)22-8-10-26(30)29(19-22)34-3/h8-11,17-19,21H,4-7,12-16,20H2,1-3H3. The molecule has 0 bridgehead atoms. The highest BCUT2D eigenvalue weighted by atomic mass is 19.1. The molecule has 1 aromatic heterocycles. The van der Waals surface area contributed by atoms with Crippen LogP contribution in [0.4, 0.5) is 4.39 Å². The number of rotatable bonds is 11. The Morgan fingerprint density at radius 2 is 1.86 bits per heavy atom. The Labute approximate surface area is 207 Å². The number of likely N-dealkylation sites (tertiary alicyclic amines) is 1. The number of hydrogen-bond acceptors (Lipinski definition) is 4. The van der Waals surface area contributed by atoms with Gasteiger partial charge in [-0.05, 0) is 80.7 Å². The summed E-state index contributed by atoms with van der Waals surface area (Å²) in [6.07, 6.45) is 5.47. The molecule has 0 unspecified atom stereocenters. The zero-order chi connectivity index (χ0) is 24.8. The maximum atomic E-state index is 14.1. The number of piperidine rings is 1. The second-order valence-corrected chi connectivity index (χ2v) is 9.93. The number of Topliss-reactive ketones (excluding diaryl/α,β-unsaturated/α-hetero) is 1. The Morgan fingerprint density at radius 1 is 1.06 bits per heavy atom. The third-order valence-electron chi connectivity index (χ3n) is 6.63. The lowest BCUT2D eigenvalue weighted by Gasteiger charge is -2.26. The van der Waals surface area contributed by atoms with E-state index in [4.69, 9.17) is 9.47 Å². The van der Waals surface area contributed by atoms with Crippen LogP contribution in [-0.2, 0) is 11.3 Å². The maximum Gasteiger partial charge on any atom is 0.165 e. The number of nitrogens with zero attached hydrogens (tertiary/aromatic N) is 2. The summed E-state index contributed by atoms with van der Waals surface area (Å²) in [5, 5.41) is 0.995. The molecule has 6 heteroatoms. The van der Waals surface area contributed by atoms with E-state index in [2.05, 4.69) is 4.90 Å². The summed E-state index contributed by atoms with van der Waals surface area (Å²) in [6.45, 7) is 8.52. The molecular weight excluding hydrogens is 443 g/mol. The topological polar surface area (TPSA) is 43.7 Å². The fourth-order valence-corrected chi connectivity index (χ4v) is 4.92. The van der Waals surface area contributed by atoms with Crippen LogP contribution in [0.1, 0.15) is 46.0 Å². The van der Waals surface area contributed by atoms with Crippen LogP contribution < -0.4 is 9.47 Å². The number of methoxy groups -OCH3 is 1. The van der Waals surface area contributed by atoms with Gasteiger partial charge < -0.3 is 18.9 Å². The van der Waals surface area contributed by atoms with Crippen molar-refractivity contribution in [2.45, 2.75) is 52.5 Å². The molecule has 1 fully saturated rings. The Morgan fingerprint density at radius 3 is 2.60 bits per heavy atom. The Hall–Kier alpha value is -2.86. The maximum absolute atomic E-state index is 14.1. The van der Waals surface area contributed by atoms with Gasteiger partial charge in [0.25, 0.3) is 0 Å². The minimum Gasteiger partial charge on any atom is -0.494 e. The van der Waals surface area contributed by atoms with Crippen molar-refractivity contribution in [3.63, 3.8) is 0 Å². The van der Waals surface area contributed by atoms with Gasteiger partial charge >= 0.3 is 0 Å². The van der Waals surface area contributed by atoms with Crippen LogP contribution >= 0.6 is 0 Å². The highest BCUT2D eigenvalue weighted by Crippen LogP contribution is 2.33. The summed E-state index contributed by atoms with van der Waals surface area (Å²) < 4.78 is 27.4. The molecule has 188 valence electrons. The first kappa shape index (κ1) is 25.2. The molecule has 1 aliphatic heterocycles. The molecule has 0 radical (unpaired) electrons. The highest BCUT2D eigenvalue weighted by Gasteiger charge is 2.17. The Bertz CT molecular complexity index is 1150. The van der Waals surface area contributed by atoms with Gasteiger partial charge in [0.2, 0.25) is 0 Å². The summed E-state index contributed by atoms with van der Waals surface area (Å²) in [7, 11) is 1.46. The van der Waals surface area contributed by atoms with Crippen LogP contribution in [0, 0.1) is 11.7 Å². The van der Waals surface area contributed by atoms with Gasteiger partial charge in [-0.3, -0.25) is 4.79 Å². The van der Waals surface area contributed by atoms with E-state index in [0.29, 0.717) is 18.9 Å². The van der Waals surface area contributed by atoms with E-state index in [1.54, 1.807) is 12.1 Å². The van der Waals surface area contributed by atoms with E-state index >= 15 is 0 Å². The van der Waals surface area contributed by atoms with E-state index in [9.17, 15) is 9.18 Å². The summed E-state index contributed by atoms with van der Waals surface area (Å²) in [5.41, 5.74) is 2.62. The quantitative estimate of drug-likeness (QED) is 0.301. The lowest BCUT2D eigenvalue weighted by Crippen LogP contribution is -2.31. The van der Waals surface area contributed by atoms with Crippen LogP contribution in [0.15, 0.2) is 42.5 Å². The van der Waals surface area contributed by atoms with Crippen molar-refractivity contribution in [3.05, 3.63) is 48.3 Å². The van der Waals surface area contributed by atoms with E-state index < -0.39 is 5.82 Å². The molecule has 3 aromatic rings. The van der Waals surface area contributed by atoms with Gasteiger partial charge in [0.05, 0.1) is 20.3 Å². The summed E-state index contributed by atoms with van der Waals surface area (Å²) in [5.74, 6) is 1.07. The average Bonchev–Trinajstić information content (AvgIpc) is 3.19. The van der Waals surface area contributed by atoms with Gasteiger partial charge in [0.15, 0.2) is 17.3 Å². The molecule has 1 saturated heterocycles. The molecule has 2 aromatic carbocycles. The van der Waals surface area contributed by atoms with Crippen LogP contribution in [0.25, 0.3) is 22.2 Å². The van der Waals surface area contributed by atoms with Crippen molar-refractivity contribution in [1.82, 2.24) is 9.47 Å². The van der Waals surface area contributed by atoms with Crippen LogP contribution in [-0.4, -0.2) is 48.6 Å². The highest BCUT2D eigenvalue weighted by molar-refractivity contribution is 5.90. The SMILES string of the molecule is COc1cc(-c2cc3cc(OCCCN4CCCCC4)ccc3n2CC(=O)CC(C)C)ccc1F. The largest absolute Gasteiger partial charge is 0.494 e. The summed E-state index contributed by atoms with van der Waals surface area (Å²) in [6, 6.07) is 12.9. The van der Waals surface area contributed by atoms with Gasteiger partial charge in [-0.2, -0.15) is 0 Å². The number of aromatic nitrogens is 1. The van der Waals surface area contributed by atoms with Gasteiger partial charge in [0.1, 0.15) is 5.75 Å². The number of ketones is 1. The van der Waals surface area contributed by atoms with Crippen molar-refractivity contribution in [2.24, 2.45) is 5.92 Å². The molecular formula is C29H37FN2O3. The van der Waals surface area contributed by atoms with Gasteiger partial charge in [0, 0.05) is 35.1 Å². The summed E-state index contributed by atoms with van der Waals surface area (Å²) >= 11 is 0. The Kier molecular flexibility index (Phi) is 8.45. The minimum atomic E-state index is -0.407. The number of carbonyl (C=O) groups excluding carboxylic acids is 1. The fourth-order valence-electron chi connectivity index (χ4n) is 4.92. The van der Waals surface area contributed by atoms with Crippen molar-refractivity contribution >= 4 is 16.7 Å². The smallest absolute Gasteiger partial charge is 0.165 e. The van der Waals surface area contributed by atoms with Crippen molar-refractivity contribution in [3.8, 4) is 22.8 Å².